The minimum absolute atomic E-state index is 0.131. The van der Waals surface area contributed by atoms with Gasteiger partial charge in [-0.15, -0.1) is 0 Å². The van der Waals surface area contributed by atoms with E-state index in [-0.39, 0.29) is 6.03 Å². The van der Waals surface area contributed by atoms with Crippen molar-refractivity contribution in [2.75, 3.05) is 11.9 Å². The van der Waals surface area contributed by atoms with Crippen molar-refractivity contribution >= 4 is 23.3 Å². The molecule has 0 saturated carbocycles. The Hall–Kier alpha value is -2.79. The minimum Gasteiger partial charge on any atom is -0.318 e. The van der Waals surface area contributed by atoms with Crippen molar-refractivity contribution in [1.29, 1.82) is 0 Å². The van der Waals surface area contributed by atoms with E-state index in [2.05, 4.69) is 10.3 Å². The number of para-hydroxylation sites is 1. The number of carbonyl (C=O) groups is 1. The van der Waals surface area contributed by atoms with Gasteiger partial charge in [0.05, 0.1) is 24.3 Å². The molecule has 0 atom stereocenters. The lowest BCUT2D eigenvalue weighted by Crippen LogP contribution is -2.39. The van der Waals surface area contributed by atoms with Gasteiger partial charge in [0.25, 0.3) is 0 Å². The van der Waals surface area contributed by atoms with E-state index >= 15 is 0 Å². The van der Waals surface area contributed by atoms with E-state index in [1.54, 1.807) is 17.0 Å². The van der Waals surface area contributed by atoms with Crippen LogP contribution in [0.3, 0.4) is 0 Å². The Kier molecular flexibility index (Phi) is 4.15. The summed E-state index contributed by atoms with van der Waals surface area (Å²) in [5.74, 6) is 0. The average molecular weight is 353 g/mol. The standard InChI is InChI=1S/C19H17ClN4O/c20-14-5-4-6-15(11-14)22-19(25)23-10-9-17-18(12-23)24(13-21-17)16-7-2-1-3-8-16/h1-8,11,13H,9-10,12H2,(H,22,25). The molecule has 3 aromatic rings. The molecular formula is C19H17ClN4O. The molecule has 6 heteroatoms. The maximum Gasteiger partial charge on any atom is 0.322 e. The van der Waals surface area contributed by atoms with Gasteiger partial charge in [-0.3, -0.25) is 0 Å². The molecule has 126 valence electrons. The predicted molar refractivity (Wildman–Crippen MR) is 98.1 cm³/mol. The van der Waals surface area contributed by atoms with Crippen LogP contribution in [0.15, 0.2) is 60.9 Å². The highest BCUT2D eigenvalue weighted by Crippen LogP contribution is 2.22. The molecule has 1 aliphatic heterocycles. The Morgan fingerprint density at radius 1 is 1.12 bits per heavy atom. The summed E-state index contributed by atoms with van der Waals surface area (Å²) in [6.45, 7) is 1.17. The summed E-state index contributed by atoms with van der Waals surface area (Å²) < 4.78 is 2.05. The van der Waals surface area contributed by atoms with Crippen LogP contribution in [-0.2, 0) is 13.0 Å². The Morgan fingerprint density at radius 2 is 1.96 bits per heavy atom. The van der Waals surface area contributed by atoms with E-state index in [9.17, 15) is 4.79 Å². The molecule has 0 unspecified atom stereocenters. The van der Waals surface area contributed by atoms with Crippen LogP contribution in [-0.4, -0.2) is 27.0 Å². The van der Waals surface area contributed by atoms with Crippen LogP contribution in [0, 0.1) is 0 Å². The fraction of sp³-hybridized carbons (Fsp3) is 0.158. The molecule has 1 aliphatic rings. The molecule has 0 bridgehead atoms. The van der Waals surface area contributed by atoms with Crippen molar-refractivity contribution in [3.05, 3.63) is 77.3 Å². The van der Waals surface area contributed by atoms with E-state index in [4.69, 9.17) is 11.6 Å². The molecule has 1 N–H and O–H groups in total. The summed E-state index contributed by atoms with van der Waals surface area (Å²) >= 11 is 5.98. The number of rotatable bonds is 2. The molecule has 0 spiro atoms. The van der Waals surface area contributed by atoms with Gasteiger partial charge < -0.3 is 14.8 Å². The van der Waals surface area contributed by atoms with Gasteiger partial charge in [0, 0.05) is 29.4 Å². The second-order valence-corrected chi connectivity index (χ2v) is 6.39. The van der Waals surface area contributed by atoms with Crippen molar-refractivity contribution in [3.63, 3.8) is 0 Å². The molecule has 4 rings (SSSR count). The summed E-state index contributed by atoms with van der Waals surface area (Å²) in [4.78, 5) is 18.9. The van der Waals surface area contributed by atoms with Crippen LogP contribution in [0.4, 0.5) is 10.5 Å². The smallest absolute Gasteiger partial charge is 0.318 e. The highest BCUT2D eigenvalue weighted by atomic mass is 35.5. The molecule has 0 radical (unpaired) electrons. The number of hydrogen-bond donors (Lipinski definition) is 1. The average Bonchev–Trinajstić information content (AvgIpc) is 3.05. The lowest BCUT2D eigenvalue weighted by molar-refractivity contribution is 0.205. The molecule has 5 nitrogen and oxygen atoms in total. The molecule has 2 aromatic carbocycles. The van der Waals surface area contributed by atoms with Crippen LogP contribution in [0.25, 0.3) is 5.69 Å². The van der Waals surface area contributed by atoms with Gasteiger partial charge in [-0.05, 0) is 30.3 Å². The quantitative estimate of drug-likeness (QED) is 0.754. The second-order valence-electron chi connectivity index (χ2n) is 5.96. The number of nitrogens with one attached hydrogen (secondary N) is 1. The first-order valence-corrected chi connectivity index (χ1v) is 8.50. The highest BCUT2D eigenvalue weighted by Gasteiger charge is 2.25. The molecule has 1 aromatic heterocycles. The zero-order chi connectivity index (χ0) is 17.2. The van der Waals surface area contributed by atoms with Crippen LogP contribution < -0.4 is 5.32 Å². The van der Waals surface area contributed by atoms with Crippen molar-refractivity contribution in [3.8, 4) is 5.69 Å². The summed E-state index contributed by atoms with van der Waals surface area (Å²) in [6.07, 6.45) is 2.58. The third-order valence-electron chi connectivity index (χ3n) is 4.31. The molecule has 25 heavy (non-hydrogen) atoms. The lowest BCUT2D eigenvalue weighted by Gasteiger charge is -2.27. The fourth-order valence-electron chi connectivity index (χ4n) is 3.04. The van der Waals surface area contributed by atoms with Gasteiger partial charge in [0.2, 0.25) is 0 Å². The van der Waals surface area contributed by atoms with Crippen LogP contribution in [0.5, 0.6) is 0 Å². The van der Waals surface area contributed by atoms with E-state index < -0.39 is 0 Å². The Balaban J connectivity index is 1.54. The van der Waals surface area contributed by atoms with Crippen LogP contribution in [0.2, 0.25) is 5.02 Å². The first-order valence-electron chi connectivity index (χ1n) is 8.13. The third-order valence-corrected chi connectivity index (χ3v) is 4.54. The number of anilines is 1. The molecular weight excluding hydrogens is 336 g/mol. The third kappa shape index (κ3) is 3.23. The zero-order valence-corrected chi connectivity index (χ0v) is 14.3. The summed E-state index contributed by atoms with van der Waals surface area (Å²) in [6, 6.07) is 17.1. The first kappa shape index (κ1) is 15.7. The van der Waals surface area contributed by atoms with Gasteiger partial charge in [0.1, 0.15) is 0 Å². The van der Waals surface area contributed by atoms with Gasteiger partial charge >= 0.3 is 6.03 Å². The van der Waals surface area contributed by atoms with Gasteiger partial charge in [-0.25, -0.2) is 9.78 Å². The van der Waals surface area contributed by atoms with Crippen molar-refractivity contribution < 1.29 is 4.79 Å². The van der Waals surface area contributed by atoms with Crippen molar-refractivity contribution in [2.45, 2.75) is 13.0 Å². The van der Waals surface area contributed by atoms with Crippen LogP contribution >= 0.6 is 11.6 Å². The number of hydrogen-bond acceptors (Lipinski definition) is 2. The highest BCUT2D eigenvalue weighted by molar-refractivity contribution is 6.30. The van der Waals surface area contributed by atoms with E-state index in [1.165, 1.54) is 0 Å². The normalized spacial score (nSPS) is 13.4. The number of carbonyl (C=O) groups excluding carboxylic acids is 1. The lowest BCUT2D eigenvalue weighted by atomic mass is 10.1. The molecule has 0 saturated heterocycles. The zero-order valence-electron chi connectivity index (χ0n) is 13.5. The Labute approximate surface area is 150 Å². The fourth-order valence-corrected chi connectivity index (χ4v) is 3.23. The van der Waals surface area contributed by atoms with Gasteiger partial charge in [-0.2, -0.15) is 0 Å². The number of nitrogens with zero attached hydrogens (tertiary/aromatic N) is 3. The maximum absolute atomic E-state index is 12.6. The summed E-state index contributed by atoms with van der Waals surface area (Å²) in [7, 11) is 0. The number of urea groups is 1. The van der Waals surface area contributed by atoms with E-state index in [0.29, 0.717) is 23.8 Å². The first-order chi connectivity index (χ1) is 12.2. The molecule has 0 aliphatic carbocycles. The molecule has 2 amide bonds. The van der Waals surface area contributed by atoms with Gasteiger partial charge in [-0.1, -0.05) is 35.9 Å². The SMILES string of the molecule is O=C(Nc1cccc(Cl)c1)N1CCc2ncn(-c3ccccc3)c2C1. The number of aromatic nitrogens is 2. The number of benzene rings is 2. The molecule has 0 fully saturated rings. The number of halogens is 1. The number of amides is 2. The number of fused-ring (bicyclic) bond motifs is 1. The topological polar surface area (TPSA) is 50.2 Å². The van der Waals surface area contributed by atoms with Crippen molar-refractivity contribution in [1.82, 2.24) is 14.5 Å². The van der Waals surface area contributed by atoms with Crippen molar-refractivity contribution in [2.24, 2.45) is 0 Å². The Bertz CT molecular complexity index is 907. The van der Waals surface area contributed by atoms with Crippen LogP contribution in [0.1, 0.15) is 11.4 Å². The Morgan fingerprint density at radius 3 is 2.76 bits per heavy atom. The van der Waals surface area contributed by atoms with Gasteiger partial charge in [0.15, 0.2) is 0 Å². The second kappa shape index (κ2) is 6.61. The largest absolute Gasteiger partial charge is 0.322 e. The number of imidazole rings is 1. The predicted octanol–water partition coefficient (Wildman–Crippen LogP) is 4.12. The molecule has 2 heterocycles. The summed E-state index contributed by atoms with van der Waals surface area (Å²) in [5.41, 5.74) is 3.85. The summed E-state index contributed by atoms with van der Waals surface area (Å²) in [5, 5.41) is 3.51. The van der Waals surface area contributed by atoms with E-state index in [1.807, 2.05) is 53.4 Å². The maximum atomic E-state index is 12.6. The van der Waals surface area contributed by atoms with E-state index in [0.717, 1.165) is 23.5 Å². The monoisotopic (exact) mass is 352 g/mol. The minimum atomic E-state index is -0.131.